The van der Waals surface area contributed by atoms with Crippen LogP contribution < -0.4 is 4.74 Å². The Bertz CT molecular complexity index is 428. The van der Waals surface area contributed by atoms with Crippen LogP contribution in [0.15, 0.2) is 18.2 Å². The highest BCUT2D eigenvalue weighted by Gasteiger charge is 2.16. The Hall–Kier alpha value is -1.06. The molecule has 1 aromatic carbocycles. The smallest absolute Gasteiger partial charge is 0.167 e. The number of hydrogen-bond acceptors (Lipinski definition) is 3. The van der Waals surface area contributed by atoms with Crippen molar-refractivity contribution in [3.05, 3.63) is 28.8 Å². The summed E-state index contributed by atoms with van der Waals surface area (Å²) in [7, 11) is 1.57. The van der Waals surface area contributed by atoms with Crippen molar-refractivity contribution in [1.29, 1.82) is 0 Å². The third-order valence-corrected chi connectivity index (χ3v) is 3.55. The number of carbonyl (C=O) groups excluding carboxylic acids is 1. The average molecular weight is 268 g/mol. The summed E-state index contributed by atoms with van der Waals surface area (Å²) in [5.74, 6) is 0.701. The van der Waals surface area contributed by atoms with E-state index in [0.29, 0.717) is 22.8 Å². The van der Waals surface area contributed by atoms with Gasteiger partial charge in [-0.2, -0.15) is 0 Å². The summed E-state index contributed by atoms with van der Waals surface area (Å²) in [5, 5.41) is 0.570. The predicted octanol–water partition coefficient (Wildman–Crippen LogP) is 3.02. The molecule has 1 saturated heterocycles. The molecule has 18 heavy (non-hydrogen) atoms. The molecule has 0 aromatic heterocycles. The zero-order chi connectivity index (χ0) is 13.0. The number of benzene rings is 1. The molecule has 0 saturated carbocycles. The Balaban J connectivity index is 2.00. The number of halogens is 1. The van der Waals surface area contributed by atoms with Crippen LogP contribution in [0.25, 0.3) is 0 Å². The van der Waals surface area contributed by atoms with Gasteiger partial charge in [-0.1, -0.05) is 11.6 Å². The van der Waals surface area contributed by atoms with Gasteiger partial charge in [0.25, 0.3) is 0 Å². The first-order valence-electron chi connectivity index (χ1n) is 6.30. The fourth-order valence-electron chi connectivity index (χ4n) is 2.30. The molecular weight excluding hydrogens is 250 g/mol. The second kappa shape index (κ2) is 6.21. The van der Waals surface area contributed by atoms with Crippen LogP contribution in [-0.4, -0.2) is 37.4 Å². The number of Topliss-reactive ketones (excluding diaryl/α,β-unsaturated/α-hetero) is 1. The molecule has 1 fully saturated rings. The lowest BCUT2D eigenvalue weighted by atomic mass is 10.1. The zero-order valence-corrected chi connectivity index (χ0v) is 11.4. The van der Waals surface area contributed by atoms with E-state index in [1.807, 2.05) is 0 Å². The highest BCUT2D eigenvalue weighted by atomic mass is 35.5. The fourth-order valence-corrected chi connectivity index (χ4v) is 2.47. The van der Waals surface area contributed by atoms with E-state index >= 15 is 0 Å². The Morgan fingerprint density at radius 2 is 2.11 bits per heavy atom. The number of carbonyl (C=O) groups is 1. The van der Waals surface area contributed by atoms with Crippen LogP contribution >= 0.6 is 11.6 Å². The summed E-state index contributed by atoms with van der Waals surface area (Å²) >= 11 is 5.93. The van der Waals surface area contributed by atoms with E-state index in [9.17, 15) is 4.79 Å². The van der Waals surface area contributed by atoms with Crippen molar-refractivity contribution in [3.8, 4) is 5.75 Å². The molecule has 0 atom stereocenters. The molecule has 1 heterocycles. The quantitative estimate of drug-likeness (QED) is 0.768. The molecule has 1 aliphatic rings. The molecule has 3 nitrogen and oxygen atoms in total. The zero-order valence-electron chi connectivity index (χ0n) is 10.6. The standard InChI is InChI=1S/C14H18ClNO2/c1-18-14-5-4-11(15)10-12(14)13(17)6-9-16-7-2-3-8-16/h4-5,10H,2-3,6-9H2,1H3. The number of ether oxygens (including phenoxy) is 1. The molecule has 0 bridgehead atoms. The lowest BCUT2D eigenvalue weighted by molar-refractivity contribution is 0.0966. The molecule has 0 spiro atoms. The minimum Gasteiger partial charge on any atom is -0.496 e. The summed E-state index contributed by atoms with van der Waals surface area (Å²) in [6.07, 6.45) is 3.01. The highest BCUT2D eigenvalue weighted by molar-refractivity contribution is 6.31. The molecular formula is C14H18ClNO2. The predicted molar refractivity (Wildman–Crippen MR) is 72.6 cm³/mol. The number of ketones is 1. The first-order chi connectivity index (χ1) is 8.70. The van der Waals surface area contributed by atoms with Gasteiger partial charge >= 0.3 is 0 Å². The first kappa shape index (κ1) is 13.4. The highest BCUT2D eigenvalue weighted by Crippen LogP contribution is 2.24. The maximum absolute atomic E-state index is 12.2. The third-order valence-electron chi connectivity index (χ3n) is 3.32. The Morgan fingerprint density at radius 3 is 2.78 bits per heavy atom. The maximum atomic E-state index is 12.2. The summed E-state index contributed by atoms with van der Waals surface area (Å²) < 4.78 is 5.20. The molecule has 0 amide bonds. The molecule has 0 aliphatic carbocycles. The van der Waals surface area contributed by atoms with Gasteiger partial charge in [-0.3, -0.25) is 4.79 Å². The van der Waals surface area contributed by atoms with Crippen LogP contribution in [0.2, 0.25) is 5.02 Å². The Kier molecular flexibility index (Phi) is 4.61. The number of likely N-dealkylation sites (tertiary alicyclic amines) is 1. The second-order valence-electron chi connectivity index (χ2n) is 4.57. The van der Waals surface area contributed by atoms with E-state index in [-0.39, 0.29) is 5.78 Å². The fraction of sp³-hybridized carbons (Fsp3) is 0.500. The van der Waals surface area contributed by atoms with Crippen molar-refractivity contribution < 1.29 is 9.53 Å². The van der Waals surface area contributed by atoms with Gasteiger partial charge in [0.2, 0.25) is 0 Å². The van der Waals surface area contributed by atoms with Crippen molar-refractivity contribution in [1.82, 2.24) is 4.90 Å². The molecule has 1 aromatic rings. The molecule has 0 N–H and O–H groups in total. The normalized spacial score (nSPS) is 15.9. The van der Waals surface area contributed by atoms with Gasteiger partial charge in [-0.25, -0.2) is 0 Å². The molecule has 2 rings (SSSR count). The summed E-state index contributed by atoms with van der Waals surface area (Å²) in [5.41, 5.74) is 0.587. The Morgan fingerprint density at radius 1 is 1.39 bits per heavy atom. The van der Waals surface area contributed by atoms with Gasteiger partial charge in [0, 0.05) is 18.0 Å². The van der Waals surface area contributed by atoms with Gasteiger partial charge < -0.3 is 9.64 Å². The van der Waals surface area contributed by atoms with Gasteiger partial charge in [-0.15, -0.1) is 0 Å². The van der Waals surface area contributed by atoms with Crippen molar-refractivity contribution in [2.45, 2.75) is 19.3 Å². The average Bonchev–Trinajstić information content (AvgIpc) is 2.89. The molecule has 0 unspecified atom stereocenters. The molecule has 98 valence electrons. The number of hydrogen-bond donors (Lipinski definition) is 0. The van der Waals surface area contributed by atoms with Gasteiger partial charge in [0.1, 0.15) is 5.75 Å². The number of nitrogens with zero attached hydrogens (tertiary/aromatic N) is 1. The largest absolute Gasteiger partial charge is 0.496 e. The molecule has 0 radical (unpaired) electrons. The van der Waals surface area contributed by atoms with E-state index < -0.39 is 0 Å². The molecule has 1 aliphatic heterocycles. The number of rotatable bonds is 5. The van der Waals surface area contributed by atoms with Crippen LogP contribution in [0.4, 0.5) is 0 Å². The third kappa shape index (κ3) is 3.24. The van der Waals surface area contributed by atoms with E-state index in [1.165, 1.54) is 12.8 Å². The minimum atomic E-state index is 0.0984. The van der Waals surface area contributed by atoms with Gasteiger partial charge in [-0.05, 0) is 44.1 Å². The van der Waals surface area contributed by atoms with Crippen LogP contribution in [0.5, 0.6) is 5.75 Å². The lowest BCUT2D eigenvalue weighted by Gasteiger charge is -2.14. The SMILES string of the molecule is COc1ccc(Cl)cc1C(=O)CCN1CCCC1. The van der Waals surface area contributed by atoms with E-state index in [2.05, 4.69) is 4.90 Å². The van der Waals surface area contributed by atoms with Gasteiger partial charge in [0.05, 0.1) is 12.7 Å². The lowest BCUT2D eigenvalue weighted by Crippen LogP contribution is -2.22. The summed E-state index contributed by atoms with van der Waals surface area (Å²) in [4.78, 5) is 14.5. The van der Waals surface area contributed by atoms with Crippen molar-refractivity contribution in [3.63, 3.8) is 0 Å². The van der Waals surface area contributed by atoms with Crippen LogP contribution in [0, 0.1) is 0 Å². The topological polar surface area (TPSA) is 29.5 Å². The van der Waals surface area contributed by atoms with Crippen LogP contribution in [0.3, 0.4) is 0 Å². The van der Waals surface area contributed by atoms with E-state index in [4.69, 9.17) is 16.3 Å². The monoisotopic (exact) mass is 267 g/mol. The van der Waals surface area contributed by atoms with Crippen LogP contribution in [-0.2, 0) is 0 Å². The van der Waals surface area contributed by atoms with Crippen molar-refractivity contribution in [2.24, 2.45) is 0 Å². The van der Waals surface area contributed by atoms with Crippen molar-refractivity contribution in [2.75, 3.05) is 26.7 Å². The molecule has 4 heteroatoms. The number of methoxy groups -OCH3 is 1. The summed E-state index contributed by atoms with van der Waals surface area (Å²) in [6.45, 7) is 3.05. The van der Waals surface area contributed by atoms with Crippen LogP contribution in [0.1, 0.15) is 29.6 Å². The minimum absolute atomic E-state index is 0.0984. The van der Waals surface area contributed by atoms with E-state index in [1.54, 1.807) is 25.3 Å². The summed E-state index contributed by atoms with van der Waals surface area (Å²) in [6, 6.07) is 5.16. The Labute approximate surface area is 113 Å². The van der Waals surface area contributed by atoms with Crippen molar-refractivity contribution >= 4 is 17.4 Å². The van der Waals surface area contributed by atoms with Gasteiger partial charge in [0.15, 0.2) is 5.78 Å². The maximum Gasteiger partial charge on any atom is 0.167 e. The second-order valence-corrected chi connectivity index (χ2v) is 5.00. The van der Waals surface area contributed by atoms with E-state index in [0.717, 1.165) is 19.6 Å². The first-order valence-corrected chi connectivity index (χ1v) is 6.67.